The summed E-state index contributed by atoms with van der Waals surface area (Å²) in [5.74, 6) is -0.766. The van der Waals surface area contributed by atoms with Crippen LogP contribution in [0.2, 0.25) is 0 Å². The summed E-state index contributed by atoms with van der Waals surface area (Å²) in [4.78, 5) is 12.7. The molecule has 1 aromatic carbocycles. The van der Waals surface area contributed by atoms with E-state index in [0.717, 1.165) is 40.6 Å². The molecule has 158 valence electrons. The molecular weight excluding hydrogens is 396 g/mol. The standard InChI is InChI=1S/C20H26N2O6S/c1-6-16(28-29(5,24)25)17(20(23)27-4)18-19-13(9-10-21-18)14-11-12(26-3)7-8-15(14)22(19)2/h6-8,11,16-18,21H,1,9-10H2,2-5H3. The van der Waals surface area contributed by atoms with E-state index in [1.807, 2.05) is 29.8 Å². The zero-order valence-corrected chi connectivity index (χ0v) is 17.8. The highest BCUT2D eigenvalue weighted by Gasteiger charge is 2.42. The number of fused-ring (bicyclic) bond motifs is 3. The van der Waals surface area contributed by atoms with E-state index in [0.29, 0.717) is 6.54 Å². The minimum atomic E-state index is -3.81. The number of aryl methyl sites for hydroxylation is 1. The van der Waals surface area contributed by atoms with Gasteiger partial charge in [0, 0.05) is 23.6 Å². The summed E-state index contributed by atoms with van der Waals surface area (Å²) in [6.45, 7) is 4.29. The second-order valence-corrected chi connectivity index (χ2v) is 8.64. The highest BCUT2D eigenvalue weighted by molar-refractivity contribution is 7.86. The van der Waals surface area contributed by atoms with Gasteiger partial charge in [0.15, 0.2) is 0 Å². The van der Waals surface area contributed by atoms with Crippen LogP contribution in [-0.2, 0) is 37.3 Å². The van der Waals surface area contributed by atoms with Crippen molar-refractivity contribution in [3.05, 3.63) is 42.1 Å². The quantitative estimate of drug-likeness (QED) is 0.412. The fraction of sp³-hybridized carbons (Fsp3) is 0.450. The fourth-order valence-corrected chi connectivity index (χ4v) is 4.70. The number of ether oxygens (including phenoxy) is 2. The highest BCUT2D eigenvalue weighted by Crippen LogP contribution is 2.39. The average Bonchev–Trinajstić information content (AvgIpc) is 2.98. The summed E-state index contributed by atoms with van der Waals surface area (Å²) >= 11 is 0. The molecule has 3 rings (SSSR count). The molecule has 0 saturated carbocycles. The monoisotopic (exact) mass is 422 g/mol. The number of benzene rings is 1. The fourth-order valence-electron chi connectivity index (χ4n) is 4.10. The molecule has 0 radical (unpaired) electrons. The number of hydrogen-bond acceptors (Lipinski definition) is 7. The number of esters is 1. The van der Waals surface area contributed by atoms with Gasteiger partial charge in [-0.3, -0.25) is 8.98 Å². The molecule has 0 aliphatic carbocycles. The van der Waals surface area contributed by atoms with E-state index in [9.17, 15) is 13.2 Å². The van der Waals surface area contributed by atoms with E-state index in [1.165, 1.54) is 13.2 Å². The van der Waals surface area contributed by atoms with Crippen molar-refractivity contribution in [2.45, 2.75) is 18.6 Å². The molecular formula is C20H26N2O6S. The van der Waals surface area contributed by atoms with Gasteiger partial charge in [-0.2, -0.15) is 8.42 Å². The van der Waals surface area contributed by atoms with E-state index in [4.69, 9.17) is 13.7 Å². The van der Waals surface area contributed by atoms with E-state index < -0.39 is 34.2 Å². The zero-order valence-electron chi connectivity index (χ0n) is 17.0. The Kier molecular flexibility index (Phi) is 6.02. The lowest BCUT2D eigenvalue weighted by Gasteiger charge is -2.34. The molecule has 0 bridgehead atoms. The lowest BCUT2D eigenvalue weighted by molar-refractivity contribution is -0.149. The molecule has 2 heterocycles. The maximum atomic E-state index is 12.7. The van der Waals surface area contributed by atoms with Gasteiger partial charge in [-0.25, -0.2) is 0 Å². The number of aromatic nitrogens is 1. The predicted molar refractivity (Wildman–Crippen MR) is 109 cm³/mol. The molecule has 9 heteroatoms. The Balaban J connectivity index is 2.17. The smallest absolute Gasteiger partial charge is 0.313 e. The Morgan fingerprint density at radius 3 is 2.69 bits per heavy atom. The van der Waals surface area contributed by atoms with Crippen molar-refractivity contribution >= 4 is 27.0 Å². The topological polar surface area (TPSA) is 95.9 Å². The Morgan fingerprint density at radius 1 is 1.38 bits per heavy atom. The third-order valence-electron chi connectivity index (χ3n) is 5.30. The van der Waals surface area contributed by atoms with Crippen LogP contribution in [0, 0.1) is 5.92 Å². The Bertz CT molecular complexity index is 1040. The van der Waals surface area contributed by atoms with Crippen molar-refractivity contribution in [2.75, 3.05) is 27.0 Å². The number of carbonyl (C=O) groups excluding carboxylic acids is 1. The molecule has 1 aliphatic rings. The summed E-state index contributed by atoms with van der Waals surface area (Å²) in [7, 11) is 0.993. The van der Waals surface area contributed by atoms with E-state index in [-0.39, 0.29) is 0 Å². The van der Waals surface area contributed by atoms with Gasteiger partial charge in [0.05, 0.1) is 26.5 Å². The second-order valence-electron chi connectivity index (χ2n) is 7.04. The maximum absolute atomic E-state index is 12.7. The minimum absolute atomic E-state index is 0.514. The minimum Gasteiger partial charge on any atom is -0.497 e. The zero-order chi connectivity index (χ0) is 21.3. The van der Waals surface area contributed by atoms with Crippen molar-refractivity contribution in [3.63, 3.8) is 0 Å². The molecule has 2 aromatic rings. The van der Waals surface area contributed by atoms with Gasteiger partial charge in [-0.05, 0) is 36.7 Å². The molecule has 3 atom stereocenters. The van der Waals surface area contributed by atoms with Crippen LogP contribution < -0.4 is 10.1 Å². The van der Waals surface area contributed by atoms with Crippen LogP contribution in [0.15, 0.2) is 30.9 Å². The van der Waals surface area contributed by atoms with Crippen molar-refractivity contribution < 1.29 is 26.9 Å². The predicted octanol–water partition coefficient (Wildman–Crippen LogP) is 1.69. The molecule has 1 aliphatic heterocycles. The molecule has 29 heavy (non-hydrogen) atoms. The van der Waals surface area contributed by atoms with Crippen molar-refractivity contribution in [2.24, 2.45) is 13.0 Å². The summed E-state index contributed by atoms with van der Waals surface area (Å²) in [6.07, 6.45) is 1.95. The van der Waals surface area contributed by atoms with Gasteiger partial charge in [-0.1, -0.05) is 6.08 Å². The first kappa shape index (κ1) is 21.4. The van der Waals surface area contributed by atoms with Crippen LogP contribution in [0.25, 0.3) is 10.9 Å². The van der Waals surface area contributed by atoms with Gasteiger partial charge in [0.2, 0.25) is 0 Å². The Hall–Kier alpha value is -2.36. The van der Waals surface area contributed by atoms with Crippen LogP contribution in [0.4, 0.5) is 0 Å². The molecule has 1 aromatic heterocycles. The number of hydrogen-bond donors (Lipinski definition) is 1. The number of nitrogens with one attached hydrogen (secondary N) is 1. The number of nitrogens with zero attached hydrogens (tertiary/aromatic N) is 1. The molecule has 0 saturated heterocycles. The lowest BCUT2D eigenvalue weighted by atomic mass is 9.86. The molecule has 3 unspecified atom stereocenters. The van der Waals surface area contributed by atoms with Crippen LogP contribution in [0.1, 0.15) is 17.3 Å². The summed E-state index contributed by atoms with van der Waals surface area (Å²) < 4.78 is 41.1. The first-order chi connectivity index (χ1) is 13.7. The average molecular weight is 423 g/mol. The van der Waals surface area contributed by atoms with Crippen LogP contribution in [-0.4, -0.2) is 52.1 Å². The SMILES string of the molecule is C=CC(OS(C)(=O)=O)C(C(=O)OC)C1NCCc2c1n(C)c1ccc(OC)cc21. The number of methoxy groups -OCH3 is 2. The van der Waals surface area contributed by atoms with Crippen LogP contribution in [0.5, 0.6) is 5.75 Å². The van der Waals surface area contributed by atoms with Crippen LogP contribution in [0.3, 0.4) is 0 Å². The van der Waals surface area contributed by atoms with Gasteiger partial charge >= 0.3 is 5.97 Å². The van der Waals surface area contributed by atoms with Crippen LogP contribution >= 0.6 is 0 Å². The summed E-state index contributed by atoms with van der Waals surface area (Å²) in [5, 5.41) is 4.38. The molecule has 0 fully saturated rings. The van der Waals surface area contributed by atoms with Gasteiger partial charge < -0.3 is 19.4 Å². The Labute approximate surface area is 170 Å². The second kappa shape index (κ2) is 8.17. The molecule has 0 amide bonds. The molecule has 0 spiro atoms. The van der Waals surface area contributed by atoms with Crippen molar-refractivity contribution in [3.8, 4) is 5.75 Å². The van der Waals surface area contributed by atoms with Crippen molar-refractivity contribution in [1.82, 2.24) is 9.88 Å². The van der Waals surface area contributed by atoms with Gasteiger partial charge in [0.1, 0.15) is 17.8 Å². The molecule has 1 N–H and O–H groups in total. The summed E-state index contributed by atoms with van der Waals surface area (Å²) in [6, 6.07) is 5.31. The first-order valence-electron chi connectivity index (χ1n) is 9.19. The van der Waals surface area contributed by atoms with E-state index in [2.05, 4.69) is 11.9 Å². The number of rotatable bonds is 7. The summed E-state index contributed by atoms with van der Waals surface area (Å²) in [5.41, 5.74) is 2.97. The third-order valence-corrected chi connectivity index (χ3v) is 5.87. The van der Waals surface area contributed by atoms with Crippen molar-refractivity contribution in [1.29, 1.82) is 0 Å². The first-order valence-corrected chi connectivity index (χ1v) is 11.0. The molecule has 8 nitrogen and oxygen atoms in total. The maximum Gasteiger partial charge on any atom is 0.313 e. The highest BCUT2D eigenvalue weighted by atomic mass is 32.2. The lowest BCUT2D eigenvalue weighted by Crippen LogP contribution is -2.45. The number of carbonyl (C=O) groups is 1. The largest absolute Gasteiger partial charge is 0.497 e. The van der Waals surface area contributed by atoms with E-state index in [1.54, 1.807) is 7.11 Å². The van der Waals surface area contributed by atoms with E-state index >= 15 is 0 Å². The normalized spacial score (nSPS) is 18.7. The Morgan fingerprint density at radius 2 is 2.10 bits per heavy atom. The third kappa shape index (κ3) is 4.03. The van der Waals surface area contributed by atoms with Gasteiger partial charge in [0.25, 0.3) is 10.1 Å². The van der Waals surface area contributed by atoms with Gasteiger partial charge in [-0.15, -0.1) is 6.58 Å².